The number of nitrogens with zero attached hydrogens (tertiary/aromatic N) is 5. The summed E-state index contributed by atoms with van der Waals surface area (Å²) in [6.07, 6.45) is 5.69. The van der Waals surface area contributed by atoms with E-state index in [0.29, 0.717) is 48.1 Å². The summed E-state index contributed by atoms with van der Waals surface area (Å²) >= 11 is 5.57. The summed E-state index contributed by atoms with van der Waals surface area (Å²) in [6.45, 7) is 2.34. The summed E-state index contributed by atoms with van der Waals surface area (Å²) in [5.41, 5.74) is -1.62. The summed E-state index contributed by atoms with van der Waals surface area (Å²) in [5.74, 6) is -3.01. The zero-order valence-electron chi connectivity index (χ0n) is 24.6. The van der Waals surface area contributed by atoms with E-state index in [1.54, 1.807) is 13.0 Å². The number of nitrogens with one attached hydrogen (secondary N) is 1. The lowest BCUT2D eigenvalue weighted by Gasteiger charge is -2.41. The van der Waals surface area contributed by atoms with E-state index in [1.165, 1.54) is 35.7 Å². The highest BCUT2D eigenvalue weighted by atomic mass is 32.1. The number of ketones is 1. The summed E-state index contributed by atoms with van der Waals surface area (Å²) in [4.78, 5) is 58.6. The maximum absolute atomic E-state index is 13.8. The third kappa shape index (κ3) is 5.53. The Balaban J connectivity index is 1.56. The van der Waals surface area contributed by atoms with Crippen LogP contribution in [-0.4, -0.2) is 60.4 Å². The molecule has 0 spiro atoms. The number of amides is 2. The van der Waals surface area contributed by atoms with Gasteiger partial charge < -0.3 is 24.5 Å². The van der Waals surface area contributed by atoms with Gasteiger partial charge in [0.1, 0.15) is 11.6 Å². The molecule has 11 nitrogen and oxygen atoms in total. The number of likely N-dealkylation sites (N-methyl/N-ethyl adjacent to an activating group) is 1. The number of imidazole rings is 1. The number of halogens is 1. The summed E-state index contributed by atoms with van der Waals surface area (Å²) in [6, 6.07) is 4.42. The Hall–Kier alpha value is -4.13. The van der Waals surface area contributed by atoms with Crippen LogP contribution in [0.4, 0.5) is 4.39 Å². The number of aryl methyl sites for hydroxylation is 2. The van der Waals surface area contributed by atoms with Crippen LogP contribution in [0.3, 0.4) is 0 Å². The second-order valence-corrected chi connectivity index (χ2v) is 12.6. The van der Waals surface area contributed by atoms with Crippen molar-refractivity contribution in [1.29, 1.82) is 0 Å². The molecule has 13 heteroatoms. The molecule has 2 aliphatic heterocycles. The van der Waals surface area contributed by atoms with Crippen LogP contribution in [0, 0.1) is 22.9 Å². The van der Waals surface area contributed by atoms with Gasteiger partial charge in [0.25, 0.3) is 17.4 Å². The predicted octanol–water partition coefficient (Wildman–Crippen LogP) is 2.76. The van der Waals surface area contributed by atoms with Crippen molar-refractivity contribution >= 4 is 29.8 Å². The largest absolute Gasteiger partial charge is 0.501 e. The second-order valence-electron chi connectivity index (χ2n) is 12.2. The summed E-state index contributed by atoms with van der Waals surface area (Å²) in [5, 5.41) is 13.6. The standard InChI is InChI=1S/C30H35FN6O5S/c1-18-13-19(5-6-20(18)31)15-32-24(40)22-23(39)26(42)37-17-29(16-36-12-11-35(4)28(36)43)7-9-30(10-8-29,27(37)33-22)14-21(38)25(41)34(2)3/h5-6,11-13,39H,7-10,14-17H2,1-4H3,(H,32,40). The number of carbonyl (C=O) groups excluding carboxylic acids is 3. The van der Waals surface area contributed by atoms with Gasteiger partial charge in [-0.2, -0.15) is 0 Å². The molecule has 0 unspecified atom stereocenters. The highest BCUT2D eigenvalue weighted by Crippen LogP contribution is 2.53. The van der Waals surface area contributed by atoms with Crippen molar-refractivity contribution in [2.24, 2.45) is 12.5 Å². The molecule has 1 aromatic carbocycles. The molecule has 228 valence electrons. The van der Waals surface area contributed by atoms with Gasteiger partial charge in [-0.15, -0.1) is 0 Å². The third-order valence-corrected chi connectivity index (χ3v) is 9.46. The number of carbonyl (C=O) groups is 3. The van der Waals surface area contributed by atoms with Crippen LogP contribution < -0.4 is 10.9 Å². The van der Waals surface area contributed by atoms with Crippen molar-refractivity contribution in [2.75, 3.05) is 14.1 Å². The lowest BCUT2D eigenvalue weighted by Crippen LogP contribution is -2.42. The van der Waals surface area contributed by atoms with E-state index < -0.39 is 45.4 Å². The van der Waals surface area contributed by atoms with Crippen LogP contribution in [0.15, 0.2) is 35.4 Å². The van der Waals surface area contributed by atoms with Gasteiger partial charge in [-0.1, -0.05) is 12.1 Å². The number of hydrogen-bond donors (Lipinski definition) is 2. The van der Waals surface area contributed by atoms with Gasteiger partial charge in [0.05, 0.1) is 0 Å². The fourth-order valence-corrected chi connectivity index (χ4v) is 6.59. The van der Waals surface area contributed by atoms with Gasteiger partial charge in [0.2, 0.25) is 11.5 Å². The Morgan fingerprint density at radius 2 is 1.86 bits per heavy atom. The Kier molecular flexibility index (Phi) is 7.88. The van der Waals surface area contributed by atoms with Crippen LogP contribution in [0.25, 0.3) is 0 Å². The van der Waals surface area contributed by atoms with Gasteiger partial charge in [0.15, 0.2) is 10.5 Å². The predicted molar refractivity (Wildman–Crippen MR) is 158 cm³/mol. The Bertz CT molecular complexity index is 1750. The van der Waals surface area contributed by atoms with E-state index in [-0.39, 0.29) is 31.2 Å². The topological polar surface area (TPSA) is 131 Å². The lowest BCUT2D eigenvalue weighted by molar-refractivity contribution is -0.144. The van der Waals surface area contributed by atoms with Crippen LogP contribution in [0.5, 0.6) is 5.75 Å². The minimum atomic E-state index is -0.989. The fraction of sp³-hybridized carbons (Fsp3) is 0.467. The molecular formula is C30H35FN6O5S. The van der Waals surface area contributed by atoms with E-state index in [2.05, 4.69) is 10.3 Å². The van der Waals surface area contributed by atoms with Gasteiger partial charge in [-0.25, -0.2) is 9.37 Å². The second kappa shape index (κ2) is 11.2. The van der Waals surface area contributed by atoms with Crippen LogP contribution >= 0.6 is 12.2 Å². The van der Waals surface area contributed by atoms with E-state index in [4.69, 9.17) is 12.2 Å². The number of fused-ring (bicyclic) bond motifs is 2. The Labute approximate surface area is 253 Å². The summed E-state index contributed by atoms with van der Waals surface area (Å²) < 4.78 is 19.5. The molecule has 0 atom stereocenters. The van der Waals surface area contributed by atoms with E-state index in [0.717, 1.165) is 0 Å². The minimum absolute atomic E-state index is 0.0152. The van der Waals surface area contributed by atoms with Gasteiger partial charge in [-0.05, 0) is 62.0 Å². The molecule has 1 aliphatic carbocycles. The van der Waals surface area contributed by atoms with Crippen molar-refractivity contribution in [2.45, 2.75) is 64.1 Å². The van der Waals surface area contributed by atoms with E-state index >= 15 is 0 Å². The number of hydrogen-bond acceptors (Lipinski definition) is 7. The van der Waals surface area contributed by atoms with Crippen molar-refractivity contribution < 1.29 is 23.9 Å². The van der Waals surface area contributed by atoms with Crippen LogP contribution in [0.1, 0.15) is 59.5 Å². The molecule has 0 radical (unpaired) electrons. The summed E-state index contributed by atoms with van der Waals surface area (Å²) in [7, 11) is 4.86. The molecule has 3 aromatic rings. The number of aromatic nitrogens is 4. The van der Waals surface area contributed by atoms with E-state index in [1.807, 2.05) is 28.6 Å². The van der Waals surface area contributed by atoms with Gasteiger partial charge in [0, 0.05) is 70.4 Å². The molecule has 0 saturated heterocycles. The number of Topliss-reactive ketones (excluding diaryl/α,β-unsaturated/α-hetero) is 1. The first-order valence-electron chi connectivity index (χ1n) is 14.1. The SMILES string of the molecule is Cc1cc(CNC(=O)c2nc3n(c(=O)c2O)CC2(Cn4ccn(C)c4=S)CCC3(CC(=O)C(=O)N(C)C)CC2)ccc1F. The fourth-order valence-electron chi connectivity index (χ4n) is 6.40. The number of benzene rings is 1. The zero-order chi connectivity index (χ0) is 31.3. The number of rotatable bonds is 8. The molecule has 2 bridgehead atoms. The Morgan fingerprint density at radius 1 is 1.16 bits per heavy atom. The first kappa shape index (κ1) is 30.3. The van der Waals surface area contributed by atoms with Gasteiger partial charge >= 0.3 is 0 Å². The zero-order valence-corrected chi connectivity index (χ0v) is 25.5. The average molecular weight is 611 g/mol. The highest BCUT2D eigenvalue weighted by Gasteiger charge is 2.52. The molecule has 1 fully saturated rings. The first-order chi connectivity index (χ1) is 20.3. The molecule has 6 rings (SSSR count). The molecule has 1 saturated carbocycles. The average Bonchev–Trinajstić information content (AvgIpc) is 3.14. The molecular weight excluding hydrogens is 575 g/mol. The van der Waals surface area contributed by atoms with Crippen molar-refractivity contribution in [3.8, 4) is 5.75 Å². The van der Waals surface area contributed by atoms with Crippen molar-refractivity contribution in [3.05, 3.63) is 74.2 Å². The molecule has 3 aliphatic rings. The first-order valence-corrected chi connectivity index (χ1v) is 14.5. The van der Waals surface area contributed by atoms with Crippen molar-refractivity contribution in [3.63, 3.8) is 0 Å². The quantitative estimate of drug-likeness (QED) is 0.296. The van der Waals surface area contributed by atoms with E-state index in [9.17, 15) is 28.7 Å². The monoisotopic (exact) mass is 610 g/mol. The molecule has 2 amide bonds. The third-order valence-electron chi connectivity index (χ3n) is 8.94. The normalized spacial score (nSPS) is 20.8. The molecule has 2 N–H and O–H groups in total. The number of aromatic hydroxyl groups is 1. The molecule has 2 aromatic heterocycles. The molecule has 4 heterocycles. The Morgan fingerprint density at radius 3 is 2.47 bits per heavy atom. The molecule has 43 heavy (non-hydrogen) atoms. The lowest BCUT2D eigenvalue weighted by atomic mass is 9.63. The van der Waals surface area contributed by atoms with Crippen LogP contribution in [-0.2, 0) is 41.7 Å². The maximum atomic E-state index is 13.8. The minimum Gasteiger partial charge on any atom is -0.501 e. The smallest absolute Gasteiger partial charge is 0.296 e. The van der Waals surface area contributed by atoms with Crippen LogP contribution in [0.2, 0.25) is 0 Å². The maximum Gasteiger partial charge on any atom is 0.296 e. The highest BCUT2D eigenvalue weighted by molar-refractivity contribution is 7.71. The van der Waals surface area contributed by atoms with Crippen molar-refractivity contribution in [1.82, 2.24) is 28.9 Å². The van der Waals surface area contributed by atoms with Gasteiger partial charge in [-0.3, -0.25) is 23.7 Å².